The van der Waals surface area contributed by atoms with Gasteiger partial charge in [-0.25, -0.2) is 9.18 Å². The predicted molar refractivity (Wildman–Crippen MR) is 134 cm³/mol. The maximum absolute atomic E-state index is 14.3. The Labute approximate surface area is 202 Å². The zero-order chi connectivity index (χ0) is 24.1. The number of rotatable bonds is 3. The molecule has 1 N–H and O–H groups in total. The molecule has 2 aliphatic heterocycles. The number of hydrogen-bond donors (Lipinski definition) is 1. The highest BCUT2D eigenvalue weighted by molar-refractivity contribution is 8.02. The van der Waals surface area contributed by atoms with Crippen LogP contribution < -0.4 is 10.2 Å². The van der Waals surface area contributed by atoms with Crippen LogP contribution in [0.4, 0.5) is 20.6 Å². The smallest absolute Gasteiger partial charge is 0.305 e. The molecule has 174 valence electrons. The molecule has 1 spiro atoms. The van der Waals surface area contributed by atoms with E-state index in [1.54, 1.807) is 21.9 Å². The fraction of sp³-hybridized carbons (Fsp3) is 0.259. The van der Waals surface area contributed by atoms with Crippen LogP contribution in [0, 0.1) is 12.7 Å². The number of para-hydroxylation sites is 1. The lowest BCUT2D eigenvalue weighted by molar-refractivity contribution is -0.123. The first-order valence-corrected chi connectivity index (χ1v) is 12.0. The van der Waals surface area contributed by atoms with Crippen LogP contribution in [0.1, 0.15) is 30.5 Å². The number of benzene rings is 3. The third-order valence-electron chi connectivity index (χ3n) is 6.23. The van der Waals surface area contributed by atoms with Crippen molar-refractivity contribution in [2.75, 3.05) is 16.8 Å². The first-order valence-electron chi connectivity index (χ1n) is 11.2. The van der Waals surface area contributed by atoms with E-state index >= 15 is 0 Å². The van der Waals surface area contributed by atoms with E-state index in [9.17, 15) is 14.0 Å². The Bertz CT molecular complexity index is 1280. The van der Waals surface area contributed by atoms with E-state index in [1.165, 1.54) is 23.9 Å². The number of anilines is 2. The number of fused-ring (bicyclic) bond motifs is 2. The average molecular weight is 476 g/mol. The van der Waals surface area contributed by atoms with E-state index in [1.807, 2.05) is 69.3 Å². The Morgan fingerprint density at radius 1 is 1.06 bits per heavy atom. The van der Waals surface area contributed by atoms with E-state index in [0.717, 1.165) is 22.4 Å². The summed E-state index contributed by atoms with van der Waals surface area (Å²) in [6.45, 7) is 6.78. The number of halogens is 1. The summed E-state index contributed by atoms with van der Waals surface area (Å²) in [4.78, 5) is 29.9. The van der Waals surface area contributed by atoms with Gasteiger partial charge in [-0.15, -0.1) is 11.8 Å². The van der Waals surface area contributed by atoms with Crippen LogP contribution in [0.15, 0.2) is 72.8 Å². The maximum Gasteiger partial charge on any atom is 0.323 e. The fourth-order valence-electron chi connectivity index (χ4n) is 4.79. The summed E-state index contributed by atoms with van der Waals surface area (Å²) in [5.74, 6) is -0.674. The molecule has 3 aromatic carbocycles. The predicted octanol–water partition coefficient (Wildman–Crippen LogP) is 5.89. The molecule has 5 rings (SSSR count). The molecule has 3 amide bonds. The first-order chi connectivity index (χ1) is 16.2. The zero-order valence-corrected chi connectivity index (χ0v) is 20.2. The third kappa shape index (κ3) is 3.64. The molecule has 0 saturated carbocycles. The minimum absolute atomic E-state index is 0.0911. The molecule has 0 aromatic heterocycles. The Morgan fingerprint density at radius 2 is 1.76 bits per heavy atom. The topological polar surface area (TPSA) is 52.7 Å². The number of hydrogen-bond acceptors (Lipinski definition) is 3. The van der Waals surface area contributed by atoms with Gasteiger partial charge >= 0.3 is 6.03 Å². The highest BCUT2D eigenvalue weighted by atomic mass is 32.2. The molecular formula is C27H26FN3O2S. The number of carbonyl (C=O) groups excluding carboxylic acids is 2. The molecule has 3 aromatic rings. The SMILES string of the molecule is Cc1ccc2c(c1)C1(SC(C)(C)CN1C(=O)Nc1ccccc1F)C(=O)N2Cc1ccccc1. The Balaban J connectivity index is 1.60. The molecule has 5 nitrogen and oxygen atoms in total. The van der Waals surface area contributed by atoms with Crippen LogP contribution in [0.25, 0.3) is 0 Å². The van der Waals surface area contributed by atoms with Crippen molar-refractivity contribution in [2.24, 2.45) is 0 Å². The number of urea groups is 1. The van der Waals surface area contributed by atoms with Gasteiger partial charge in [0.05, 0.1) is 17.9 Å². The second kappa shape index (κ2) is 8.17. The Morgan fingerprint density at radius 3 is 2.50 bits per heavy atom. The number of thioether (sulfide) groups is 1. The largest absolute Gasteiger partial charge is 0.323 e. The van der Waals surface area contributed by atoms with Gasteiger partial charge < -0.3 is 10.2 Å². The van der Waals surface area contributed by atoms with Gasteiger partial charge in [-0.3, -0.25) is 9.69 Å². The number of nitrogens with one attached hydrogen (secondary N) is 1. The van der Waals surface area contributed by atoms with Gasteiger partial charge in [-0.2, -0.15) is 0 Å². The van der Waals surface area contributed by atoms with Crippen molar-refractivity contribution in [3.8, 4) is 0 Å². The number of nitrogens with zero attached hydrogens (tertiary/aromatic N) is 2. The Hall–Kier alpha value is -3.32. The van der Waals surface area contributed by atoms with Gasteiger partial charge in [0.2, 0.25) is 0 Å². The second-order valence-electron chi connectivity index (χ2n) is 9.40. The molecule has 1 unspecified atom stereocenters. The second-order valence-corrected chi connectivity index (χ2v) is 11.3. The van der Waals surface area contributed by atoms with Gasteiger partial charge in [0.1, 0.15) is 5.82 Å². The lowest BCUT2D eigenvalue weighted by Gasteiger charge is -2.33. The summed E-state index contributed by atoms with van der Waals surface area (Å²) in [5.41, 5.74) is 3.70. The van der Waals surface area contributed by atoms with Crippen molar-refractivity contribution in [3.63, 3.8) is 0 Å². The molecule has 2 aliphatic rings. The molecule has 0 aliphatic carbocycles. The van der Waals surface area contributed by atoms with Crippen LogP contribution in [0.5, 0.6) is 0 Å². The van der Waals surface area contributed by atoms with Gasteiger partial charge in [0.15, 0.2) is 4.87 Å². The minimum Gasteiger partial charge on any atom is -0.305 e. The number of amides is 3. The summed E-state index contributed by atoms with van der Waals surface area (Å²) in [6, 6.07) is 21.3. The van der Waals surface area contributed by atoms with E-state index in [4.69, 9.17) is 0 Å². The zero-order valence-electron chi connectivity index (χ0n) is 19.3. The normalized spacial score (nSPS) is 20.6. The monoisotopic (exact) mass is 475 g/mol. The van der Waals surface area contributed by atoms with Gasteiger partial charge in [0.25, 0.3) is 5.91 Å². The minimum atomic E-state index is -1.23. The molecule has 1 atom stereocenters. The van der Waals surface area contributed by atoms with E-state index in [-0.39, 0.29) is 16.3 Å². The molecule has 1 saturated heterocycles. The van der Waals surface area contributed by atoms with Crippen molar-refractivity contribution in [1.29, 1.82) is 0 Å². The van der Waals surface area contributed by atoms with E-state index in [2.05, 4.69) is 5.32 Å². The quantitative estimate of drug-likeness (QED) is 0.514. The molecule has 0 radical (unpaired) electrons. The summed E-state index contributed by atoms with van der Waals surface area (Å²) in [5, 5.41) is 2.70. The summed E-state index contributed by atoms with van der Waals surface area (Å²) in [7, 11) is 0. The van der Waals surface area contributed by atoms with Gasteiger partial charge in [0, 0.05) is 16.9 Å². The maximum atomic E-state index is 14.3. The summed E-state index contributed by atoms with van der Waals surface area (Å²) in [6.07, 6.45) is 0. The van der Waals surface area contributed by atoms with Crippen molar-refractivity contribution < 1.29 is 14.0 Å². The molecular weight excluding hydrogens is 449 g/mol. The van der Waals surface area contributed by atoms with Gasteiger partial charge in [-0.1, -0.05) is 60.2 Å². The average Bonchev–Trinajstić information content (AvgIpc) is 3.22. The standard InChI is InChI=1S/C27H26FN3O2S/c1-18-13-14-23-20(15-18)27(24(32)30(23)16-19-9-5-4-6-10-19)31(17-26(2,3)34-27)25(33)29-22-12-8-7-11-21(22)28/h4-15H,16-17H2,1-3H3,(H,29,33). The van der Waals surface area contributed by atoms with Gasteiger partial charge in [-0.05, 0) is 44.5 Å². The van der Waals surface area contributed by atoms with Crippen LogP contribution in [0.3, 0.4) is 0 Å². The van der Waals surface area contributed by atoms with Crippen LogP contribution in [0.2, 0.25) is 0 Å². The van der Waals surface area contributed by atoms with Crippen LogP contribution in [-0.4, -0.2) is 28.1 Å². The third-order valence-corrected chi connectivity index (χ3v) is 7.82. The molecule has 7 heteroatoms. The molecule has 2 heterocycles. The Kier molecular flexibility index (Phi) is 5.40. The molecule has 34 heavy (non-hydrogen) atoms. The van der Waals surface area contributed by atoms with Crippen molar-refractivity contribution in [2.45, 2.75) is 36.9 Å². The van der Waals surface area contributed by atoms with Crippen molar-refractivity contribution in [3.05, 3.63) is 95.3 Å². The van der Waals surface area contributed by atoms with Crippen molar-refractivity contribution in [1.82, 2.24) is 4.90 Å². The lowest BCUT2D eigenvalue weighted by atomic mass is 10.0. The highest BCUT2D eigenvalue weighted by Crippen LogP contribution is 2.60. The lowest BCUT2D eigenvalue weighted by Crippen LogP contribution is -2.51. The molecule has 0 bridgehead atoms. The van der Waals surface area contributed by atoms with Crippen molar-refractivity contribution >= 4 is 35.1 Å². The van der Waals surface area contributed by atoms with Crippen LogP contribution >= 0.6 is 11.8 Å². The summed E-state index contributed by atoms with van der Waals surface area (Å²) < 4.78 is 13.9. The molecule has 1 fully saturated rings. The summed E-state index contributed by atoms with van der Waals surface area (Å²) >= 11 is 1.48. The van der Waals surface area contributed by atoms with E-state index in [0.29, 0.717) is 13.1 Å². The number of carbonyl (C=O) groups is 2. The number of aryl methyl sites for hydroxylation is 1. The first kappa shape index (κ1) is 22.5. The fourth-order valence-corrected chi connectivity index (χ4v) is 6.51. The van der Waals surface area contributed by atoms with Crippen LogP contribution in [-0.2, 0) is 16.2 Å². The van der Waals surface area contributed by atoms with E-state index < -0.39 is 16.7 Å². The highest BCUT2D eigenvalue weighted by Gasteiger charge is 2.63.